The molecule has 2 rings (SSSR count). The molecule has 1 aromatic heterocycles. The van der Waals surface area contributed by atoms with E-state index in [-0.39, 0.29) is 0 Å². The van der Waals surface area contributed by atoms with Crippen LogP contribution in [0.25, 0.3) is 11.0 Å². The van der Waals surface area contributed by atoms with Gasteiger partial charge in [0.25, 0.3) is 0 Å². The van der Waals surface area contributed by atoms with Crippen molar-refractivity contribution in [1.82, 2.24) is 0 Å². The molecule has 0 bridgehead atoms. The standard InChI is InChI=1S/C11H11O/c1-2-10-8-7-9-5-3-4-6-11(9)12-10/h3-8H,2H2,1H3/q+1. The number of aryl methyl sites for hydroxylation is 1. The summed E-state index contributed by atoms with van der Waals surface area (Å²) in [7, 11) is 0. The maximum Gasteiger partial charge on any atom is 0.360 e. The van der Waals surface area contributed by atoms with Crippen LogP contribution in [0, 0.1) is 0 Å². The van der Waals surface area contributed by atoms with Gasteiger partial charge in [0.05, 0.1) is 11.8 Å². The van der Waals surface area contributed by atoms with Crippen LogP contribution in [-0.4, -0.2) is 0 Å². The molecular weight excluding hydrogens is 148 g/mol. The third-order valence-electron chi connectivity index (χ3n) is 1.96. The van der Waals surface area contributed by atoms with Gasteiger partial charge in [-0.15, -0.1) is 0 Å². The van der Waals surface area contributed by atoms with E-state index in [0.717, 1.165) is 23.2 Å². The summed E-state index contributed by atoms with van der Waals surface area (Å²) in [5, 5.41) is 1.16. The topological polar surface area (TPSA) is 11.3 Å². The third kappa shape index (κ3) is 1.18. The van der Waals surface area contributed by atoms with Crippen molar-refractivity contribution >= 4 is 11.0 Å². The molecule has 0 spiro atoms. The van der Waals surface area contributed by atoms with Gasteiger partial charge >= 0.3 is 11.3 Å². The highest BCUT2D eigenvalue weighted by Gasteiger charge is 2.07. The van der Waals surface area contributed by atoms with Crippen molar-refractivity contribution in [2.75, 3.05) is 0 Å². The highest BCUT2D eigenvalue weighted by atomic mass is 16.3. The van der Waals surface area contributed by atoms with Crippen LogP contribution in [0.5, 0.6) is 0 Å². The van der Waals surface area contributed by atoms with Gasteiger partial charge in [0, 0.05) is 12.1 Å². The van der Waals surface area contributed by atoms with Crippen LogP contribution < -0.4 is 0 Å². The SMILES string of the molecule is CCc1ccc2ccccc2[o+]1. The van der Waals surface area contributed by atoms with E-state index in [2.05, 4.69) is 19.1 Å². The van der Waals surface area contributed by atoms with E-state index in [1.165, 1.54) is 0 Å². The first-order valence-corrected chi connectivity index (χ1v) is 4.21. The summed E-state index contributed by atoms with van der Waals surface area (Å²) >= 11 is 0. The summed E-state index contributed by atoms with van der Waals surface area (Å²) in [4.78, 5) is 0. The minimum absolute atomic E-state index is 0.949. The van der Waals surface area contributed by atoms with Gasteiger partial charge in [0.2, 0.25) is 0 Å². The highest BCUT2D eigenvalue weighted by Crippen LogP contribution is 2.15. The zero-order chi connectivity index (χ0) is 8.39. The molecule has 0 N–H and O–H groups in total. The Hall–Kier alpha value is -1.37. The first-order chi connectivity index (χ1) is 5.90. The van der Waals surface area contributed by atoms with Crippen LogP contribution >= 0.6 is 0 Å². The van der Waals surface area contributed by atoms with Gasteiger partial charge in [0.15, 0.2) is 0 Å². The first kappa shape index (κ1) is 7.29. The van der Waals surface area contributed by atoms with Gasteiger partial charge in [-0.1, -0.05) is 19.1 Å². The summed E-state index contributed by atoms with van der Waals surface area (Å²) in [6.45, 7) is 2.09. The van der Waals surface area contributed by atoms with Crippen LogP contribution in [0.1, 0.15) is 12.7 Å². The Morgan fingerprint density at radius 1 is 1.08 bits per heavy atom. The van der Waals surface area contributed by atoms with Gasteiger partial charge in [-0.3, -0.25) is 0 Å². The second-order valence-electron chi connectivity index (χ2n) is 2.79. The summed E-state index contributed by atoms with van der Waals surface area (Å²) in [6, 6.07) is 12.2. The lowest BCUT2D eigenvalue weighted by Gasteiger charge is -1.87. The lowest BCUT2D eigenvalue weighted by atomic mass is 10.2. The van der Waals surface area contributed by atoms with E-state index < -0.39 is 0 Å². The maximum atomic E-state index is 5.61. The number of hydrogen-bond donors (Lipinski definition) is 0. The first-order valence-electron chi connectivity index (χ1n) is 4.21. The second-order valence-corrected chi connectivity index (χ2v) is 2.79. The van der Waals surface area contributed by atoms with Crippen LogP contribution in [0.15, 0.2) is 40.8 Å². The molecule has 0 unspecified atom stereocenters. The zero-order valence-corrected chi connectivity index (χ0v) is 7.08. The van der Waals surface area contributed by atoms with Crippen molar-refractivity contribution in [1.29, 1.82) is 0 Å². The summed E-state index contributed by atoms with van der Waals surface area (Å²) < 4.78 is 5.61. The molecule has 0 amide bonds. The molecule has 12 heavy (non-hydrogen) atoms. The summed E-state index contributed by atoms with van der Waals surface area (Å²) in [5.41, 5.74) is 0.969. The Bertz CT molecular complexity index is 393. The van der Waals surface area contributed by atoms with Crippen LogP contribution in [0.2, 0.25) is 0 Å². The maximum absolute atomic E-state index is 5.61. The molecular formula is C11H11O+. The van der Waals surface area contributed by atoms with Gasteiger partial charge in [-0.05, 0) is 12.1 Å². The molecule has 0 radical (unpaired) electrons. The van der Waals surface area contributed by atoms with Crippen molar-refractivity contribution in [3.05, 3.63) is 42.2 Å². The van der Waals surface area contributed by atoms with Gasteiger partial charge in [-0.2, -0.15) is 0 Å². The quantitative estimate of drug-likeness (QED) is 0.581. The Morgan fingerprint density at radius 3 is 2.75 bits per heavy atom. The monoisotopic (exact) mass is 159 g/mol. The average molecular weight is 159 g/mol. The predicted molar refractivity (Wildman–Crippen MR) is 50.0 cm³/mol. The Balaban J connectivity index is 2.67. The second kappa shape index (κ2) is 2.94. The molecule has 0 atom stereocenters. The van der Waals surface area contributed by atoms with E-state index in [1.807, 2.05) is 24.3 Å². The Kier molecular flexibility index (Phi) is 1.78. The van der Waals surface area contributed by atoms with Crippen LogP contribution in [-0.2, 0) is 6.42 Å². The number of fused-ring (bicyclic) bond motifs is 1. The largest absolute Gasteiger partial charge is 0.360 e. The fourth-order valence-electron chi connectivity index (χ4n) is 1.26. The van der Waals surface area contributed by atoms with E-state index in [1.54, 1.807) is 0 Å². The Morgan fingerprint density at radius 2 is 1.92 bits per heavy atom. The summed E-state index contributed by atoms with van der Waals surface area (Å²) in [5.74, 6) is 1.04. The number of benzene rings is 1. The molecule has 0 saturated heterocycles. The predicted octanol–water partition coefficient (Wildman–Crippen LogP) is 3.28. The van der Waals surface area contributed by atoms with Gasteiger partial charge in [0.1, 0.15) is 0 Å². The molecule has 2 aromatic rings. The van der Waals surface area contributed by atoms with E-state index in [9.17, 15) is 0 Å². The molecule has 60 valence electrons. The van der Waals surface area contributed by atoms with Crippen molar-refractivity contribution in [3.63, 3.8) is 0 Å². The van der Waals surface area contributed by atoms with Crippen LogP contribution in [0.3, 0.4) is 0 Å². The van der Waals surface area contributed by atoms with Crippen molar-refractivity contribution in [3.8, 4) is 0 Å². The van der Waals surface area contributed by atoms with Crippen molar-refractivity contribution in [2.45, 2.75) is 13.3 Å². The molecule has 1 nitrogen and oxygen atoms in total. The fraction of sp³-hybridized carbons (Fsp3) is 0.182. The third-order valence-corrected chi connectivity index (χ3v) is 1.96. The normalized spacial score (nSPS) is 10.4. The minimum Gasteiger partial charge on any atom is -0.212 e. The lowest BCUT2D eigenvalue weighted by Crippen LogP contribution is -1.79. The van der Waals surface area contributed by atoms with Gasteiger partial charge in [-0.25, -0.2) is 4.42 Å². The molecule has 0 aliphatic heterocycles. The van der Waals surface area contributed by atoms with Crippen molar-refractivity contribution < 1.29 is 4.42 Å². The average Bonchev–Trinajstić information content (AvgIpc) is 2.17. The van der Waals surface area contributed by atoms with E-state index >= 15 is 0 Å². The zero-order valence-electron chi connectivity index (χ0n) is 7.08. The number of para-hydroxylation sites is 1. The van der Waals surface area contributed by atoms with E-state index in [0.29, 0.717) is 0 Å². The molecule has 0 saturated carbocycles. The van der Waals surface area contributed by atoms with E-state index in [4.69, 9.17) is 4.42 Å². The number of hydrogen-bond acceptors (Lipinski definition) is 0. The Labute approximate surface area is 71.6 Å². The molecule has 0 aliphatic carbocycles. The molecule has 1 heteroatoms. The molecule has 1 heterocycles. The lowest BCUT2D eigenvalue weighted by molar-refractivity contribution is 0.545. The van der Waals surface area contributed by atoms with Crippen molar-refractivity contribution in [2.24, 2.45) is 0 Å². The molecule has 0 aliphatic rings. The smallest absolute Gasteiger partial charge is 0.212 e. The fourth-order valence-corrected chi connectivity index (χ4v) is 1.26. The van der Waals surface area contributed by atoms with Crippen LogP contribution in [0.4, 0.5) is 0 Å². The van der Waals surface area contributed by atoms with Gasteiger partial charge < -0.3 is 0 Å². The molecule has 1 aromatic carbocycles. The number of rotatable bonds is 1. The highest BCUT2D eigenvalue weighted by molar-refractivity contribution is 5.76. The molecule has 0 fully saturated rings. The summed E-state index contributed by atoms with van der Waals surface area (Å²) in [6.07, 6.45) is 0.949. The minimum atomic E-state index is 0.949.